The summed E-state index contributed by atoms with van der Waals surface area (Å²) < 4.78 is 10.3. The van der Waals surface area contributed by atoms with Gasteiger partial charge in [0.2, 0.25) is 0 Å². The predicted octanol–water partition coefficient (Wildman–Crippen LogP) is 3.58. The van der Waals surface area contributed by atoms with Crippen molar-refractivity contribution in [1.29, 1.82) is 5.26 Å². The van der Waals surface area contributed by atoms with Crippen LogP contribution in [0.4, 0.5) is 5.69 Å². The summed E-state index contributed by atoms with van der Waals surface area (Å²) in [6.07, 6.45) is 6.76. The lowest BCUT2D eigenvalue weighted by molar-refractivity contribution is -0.141. The molecule has 1 aromatic carbocycles. The Balaban J connectivity index is 2.34. The summed E-state index contributed by atoms with van der Waals surface area (Å²) in [4.78, 5) is 13.7. The van der Waals surface area contributed by atoms with Crippen molar-refractivity contribution in [2.45, 2.75) is 26.2 Å². The van der Waals surface area contributed by atoms with Crippen molar-refractivity contribution in [2.24, 2.45) is 0 Å². The van der Waals surface area contributed by atoms with Gasteiger partial charge in [-0.15, -0.1) is 0 Å². The lowest BCUT2D eigenvalue weighted by atomic mass is 10.1. The maximum Gasteiger partial charge on any atom is 0.325 e. The first kappa shape index (κ1) is 17.6. The topological polar surface area (TPSA) is 62.6 Å². The summed E-state index contributed by atoms with van der Waals surface area (Å²) in [6.45, 7) is 2.14. The molecule has 1 aliphatic rings. The molecule has 0 bridgehead atoms. The van der Waals surface area contributed by atoms with Crippen molar-refractivity contribution in [3.05, 3.63) is 47.7 Å². The van der Waals surface area contributed by atoms with Crippen LogP contribution in [0.1, 0.15) is 26.2 Å². The van der Waals surface area contributed by atoms with Gasteiger partial charge >= 0.3 is 5.97 Å². The van der Waals surface area contributed by atoms with E-state index in [1.165, 1.54) is 0 Å². The van der Waals surface area contributed by atoms with Crippen molar-refractivity contribution in [3.8, 4) is 11.8 Å². The fraction of sp³-hybridized carbons (Fsp3) is 0.368. The van der Waals surface area contributed by atoms with Gasteiger partial charge in [0.25, 0.3) is 0 Å². The first-order chi connectivity index (χ1) is 11.7. The molecule has 0 N–H and O–H groups in total. The Morgan fingerprint density at radius 1 is 1.46 bits per heavy atom. The Bertz CT molecular complexity index is 686. The fourth-order valence-electron chi connectivity index (χ4n) is 2.60. The van der Waals surface area contributed by atoms with Crippen LogP contribution in [0.15, 0.2) is 47.7 Å². The molecule has 0 amide bonds. The van der Waals surface area contributed by atoms with Crippen molar-refractivity contribution in [1.82, 2.24) is 0 Å². The zero-order valence-corrected chi connectivity index (χ0v) is 14.1. The SMILES string of the molecule is CCOC(=O)CN(/C=C(\C#N)C1=CCCC1)c1cccc(OC)c1. The summed E-state index contributed by atoms with van der Waals surface area (Å²) in [7, 11) is 1.59. The number of rotatable bonds is 7. The van der Waals surface area contributed by atoms with Crippen LogP contribution in [0.5, 0.6) is 5.75 Å². The molecule has 0 saturated heterocycles. The molecule has 0 saturated carbocycles. The maximum absolute atomic E-state index is 12.0. The van der Waals surface area contributed by atoms with Gasteiger partial charge in [-0.25, -0.2) is 0 Å². The average molecular weight is 326 g/mol. The summed E-state index contributed by atoms with van der Waals surface area (Å²) in [5.41, 5.74) is 2.39. The van der Waals surface area contributed by atoms with Gasteiger partial charge in [-0.3, -0.25) is 4.79 Å². The first-order valence-corrected chi connectivity index (χ1v) is 8.05. The van der Waals surface area contributed by atoms with E-state index in [9.17, 15) is 10.1 Å². The number of carbonyl (C=O) groups is 1. The van der Waals surface area contributed by atoms with Gasteiger partial charge in [0.15, 0.2) is 0 Å². The van der Waals surface area contributed by atoms with E-state index < -0.39 is 0 Å². The van der Waals surface area contributed by atoms with Crippen molar-refractivity contribution < 1.29 is 14.3 Å². The van der Waals surface area contributed by atoms with E-state index in [1.54, 1.807) is 25.1 Å². The highest BCUT2D eigenvalue weighted by Crippen LogP contribution is 2.27. The molecular formula is C19H22N2O3. The van der Waals surface area contributed by atoms with Crippen LogP contribution < -0.4 is 9.64 Å². The second-order valence-corrected chi connectivity index (χ2v) is 5.41. The zero-order chi connectivity index (χ0) is 17.4. The van der Waals surface area contributed by atoms with E-state index in [4.69, 9.17) is 9.47 Å². The molecule has 5 heteroatoms. The van der Waals surface area contributed by atoms with Gasteiger partial charge in [0, 0.05) is 18.0 Å². The zero-order valence-electron chi connectivity index (χ0n) is 14.1. The van der Waals surface area contributed by atoms with Crippen molar-refractivity contribution in [2.75, 3.05) is 25.2 Å². The van der Waals surface area contributed by atoms with Crippen LogP contribution >= 0.6 is 0 Å². The second kappa shape index (κ2) is 8.78. The standard InChI is InChI=1S/C19H22N2O3/c1-3-24-19(22)14-21(17-9-6-10-18(11-17)23-2)13-16(12-20)15-7-4-5-8-15/h6-7,9-11,13H,3-5,8,14H2,1-2H3/b16-13+. The number of carbonyl (C=O) groups excluding carboxylic acids is 1. The van der Waals surface area contributed by atoms with Crippen LogP contribution in [0.3, 0.4) is 0 Å². The predicted molar refractivity (Wildman–Crippen MR) is 92.6 cm³/mol. The van der Waals surface area contributed by atoms with Gasteiger partial charge in [0.1, 0.15) is 18.4 Å². The second-order valence-electron chi connectivity index (χ2n) is 5.41. The van der Waals surface area contributed by atoms with Gasteiger partial charge in [-0.1, -0.05) is 12.1 Å². The molecule has 0 atom stereocenters. The van der Waals surface area contributed by atoms with Gasteiger partial charge < -0.3 is 14.4 Å². The molecule has 0 fully saturated rings. The highest BCUT2D eigenvalue weighted by atomic mass is 16.5. The molecule has 2 rings (SSSR count). The Morgan fingerprint density at radius 3 is 2.92 bits per heavy atom. The number of hydrogen-bond donors (Lipinski definition) is 0. The molecule has 24 heavy (non-hydrogen) atoms. The Labute approximate surface area is 142 Å². The normalized spacial score (nSPS) is 13.9. The number of methoxy groups -OCH3 is 1. The van der Waals surface area contributed by atoms with Gasteiger partial charge in [-0.2, -0.15) is 5.26 Å². The molecule has 0 radical (unpaired) electrons. The fourth-order valence-corrected chi connectivity index (χ4v) is 2.60. The minimum atomic E-state index is -0.339. The van der Waals surface area contributed by atoms with Crippen LogP contribution in [0, 0.1) is 11.3 Å². The van der Waals surface area contributed by atoms with Crippen molar-refractivity contribution >= 4 is 11.7 Å². The largest absolute Gasteiger partial charge is 0.497 e. The number of nitriles is 1. The molecule has 0 spiro atoms. The maximum atomic E-state index is 12.0. The third-order valence-electron chi connectivity index (χ3n) is 3.78. The first-order valence-electron chi connectivity index (χ1n) is 8.05. The van der Waals surface area contributed by atoms with E-state index in [1.807, 2.05) is 24.3 Å². The van der Waals surface area contributed by atoms with E-state index in [0.29, 0.717) is 17.9 Å². The lowest BCUT2D eigenvalue weighted by Crippen LogP contribution is -2.27. The minimum absolute atomic E-state index is 0.0411. The lowest BCUT2D eigenvalue weighted by Gasteiger charge is -2.21. The van der Waals surface area contributed by atoms with E-state index in [-0.39, 0.29) is 12.5 Å². The van der Waals surface area contributed by atoms with E-state index in [2.05, 4.69) is 12.1 Å². The Kier molecular flexibility index (Phi) is 6.44. The number of benzene rings is 1. The Morgan fingerprint density at radius 2 is 2.29 bits per heavy atom. The number of esters is 1. The molecule has 5 nitrogen and oxygen atoms in total. The highest BCUT2D eigenvalue weighted by molar-refractivity contribution is 5.77. The summed E-state index contributed by atoms with van der Waals surface area (Å²) >= 11 is 0. The third kappa shape index (κ3) is 4.63. The molecule has 0 unspecified atom stereocenters. The summed E-state index contributed by atoms with van der Waals surface area (Å²) in [5.74, 6) is 0.350. The van der Waals surface area contributed by atoms with Crippen LogP contribution in [-0.4, -0.2) is 26.2 Å². The van der Waals surface area contributed by atoms with E-state index in [0.717, 1.165) is 30.5 Å². The minimum Gasteiger partial charge on any atom is -0.497 e. The summed E-state index contributed by atoms with van der Waals surface area (Å²) in [6, 6.07) is 9.63. The quantitative estimate of drug-likeness (QED) is 0.566. The average Bonchev–Trinajstić information content (AvgIpc) is 3.13. The molecule has 0 heterocycles. The number of ether oxygens (including phenoxy) is 2. The number of allylic oxidation sites excluding steroid dienone is 3. The molecule has 0 aliphatic heterocycles. The van der Waals surface area contributed by atoms with E-state index >= 15 is 0 Å². The molecule has 0 aromatic heterocycles. The van der Waals surface area contributed by atoms with Crippen LogP contribution in [0.2, 0.25) is 0 Å². The van der Waals surface area contributed by atoms with Crippen LogP contribution in [0.25, 0.3) is 0 Å². The van der Waals surface area contributed by atoms with Gasteiger partial charge in [0.05, 0.1) is 19.3 Å². The molecule has 1 aromatic rings. The highest BCUT2D eigenvalue weighted by Gasteiger charge is 2.15. The number of anilines is 1. The number of hydrogen-bond acceptors (Lipinski definition) is 5. The van der Waals surface area contributed by atoms with Crippen molar-refractivity contribution in [3.63, 3.8) is 0 Å². The summed E-state index contributed by atoms with van der Waals surface area (Å²) in [5, 5.41) is 9.49. The molecule has 126 valence electrons. The molecular weight excluding hydrogens is 304 g/mol. The smallest absolute Gasteiger partial charge is 0.325 e. The Hall–Kier alpha value is -2.74. The monoisotopic (exact) mass is 326 g/mol. The van der Waals surface area contributed by atoms with Gasteiger partial charge in [-0.05, 0) is 43.9 Å². The number of nitrogens with zero attached hydrogens (tertiary/aromatic N) is 2. The third-order valence-corrected chi connectivity index (χ3v) is 3.78. The molecule has 1 aliphatic carbocycles. The van der Waals surface area contributed by atoms with Crippen LogP contribution in [-0.2, 0) is 9.53 Å².